The van der Waals surface area contributed by atoms with Crippen LogP contribution in [0.1, 0.15) is 19.4 Å². The van der Waals surface area contributed by atoms with Crippen molar-refractivity contribution in [1.82, 2.24) is 10.0 Å². The molecule has 8 heteroatoms. The third-order valence-corrected chi connectivity index (χ3v) is 5.42. The van der Waals surface area contributed by atoms with Crippen LogP contribution in [0.5, 0.6) is 0 Å². The summed E-state index contributed by atoms with van der Waals surface area (Å²) in [7, 11) is -3.59. The van der Waals surface area contributed by atoms with E-state index in [-0.39, 0.29) is 23.9 Å². The van der Waals surface area contributed by atoms with Crippen molar-refractivity contribution < 1.29 is 12.8 Å². The van der Waals surface area contributed by atoms with Crippen LogP contribution < -0.4 is 10.0 Å². The molecule has 1 aromatic rings. The van der Waals surface area contributed by atoms with Gasteiger partial charge in [0, 0.05) is 18.1 Å². The smallest absolute Gasteiger partial charge is 0.242 e. The minimum Gasteiger partial charge on any atom is -0.310 e. The molecule has 0 saturated carbocycles. The van der Waals surface area contributed by atoms with Gasteiger partial charge in [-0.15, -0.1) is 12.4 Å². The van der Waals surface area contributed by atoms with E-state index in [9.17, 15) is 12.8 Å². The summed E-state index contributed by atoms with van der Waals surface area (Å²) in [6.07, 6.45) is 0. The van der Waals surface area contributed by atoms with Gasteiger partial charge in [0.25, 0.3) is 0 Å². The summed E-state index contributed by atoms with van der Waals surface area (Å²) in [5, 5.41) is 3.46. The van der Waals surface area contributed by atoms with E-state index < -0.39 is 22.2 Å². The highest BCUT2D eigenvalue weighted by Crippen LogP contribution is 2.37. The van der Waals surface area contributed by atoms with Gasteiger partial charge in [-0.2, -0.15) is 0 Å². The van der Waals surface area contributed by atoms with Gasteiger partial charge in [0.15, 0.2) is 0 Å². The quantitative estimate of drug-likeness (QED) is 0.785. The van der Waals surface area contributed by atoms with Crippen molar-refractivity contribution in [3.63, 3.8) is 0 Å². The van der Waals surface area contributed by atoms with Gasteiger partial charge in [-0.3, -0.25) is 0 Å². The lowest BCUT2D eigenvalue weighted by molar-refractivity contribution is 0.463. The predicted octanol–water partition coefficient (Wildman–Crippen LogP) is 2.74. The first-order valence-electron chi connectivity index (χ1n) is 6.58. The molecule has 0 saturated heterocycles. The number of sulfonamides is 1. The van der Waals surface area contributed by atoms with E-state index in [2.05, 4.69) is 10.0 Å². The zero-order valence-electron chi connectivity index (χ0n) is 12.3. The van der Waals surface area contributed by atoms with Crippen LogP contribution >= 0.6 is 24.0 Å². The molecule has 22 heavy (non-hydrogen) atoms. The second-order valence-corrected chi connectivity index (χ2v) is 7.47. The van der Waals surface area contributed by atoms with Crippen molar-refractivity contribution >= 4 is 38.9 Å². The van der Waals surface area contributed by atoms with Crippen molar-refractivity contribution in [2.75, 3.05) is 19.8 Å². The lowest BCUT2D eigenvalue weighted by Gasteiger charge is -2.21. The second kappa shape index (κ2) is 7.27. The van der Waals surface area contributed by atoms with Crippen LogP contribution in [0, 0.1) is 0 Å². The number of benzene rings is 1. The largest absolute Gasteiger partial charge is 0.310 e. The van der Waals surface area contributed by atoms with Crippen LogP contribution in [0.4, 0.5) is 4.39 Å². The van der Waals surface area contributed by atoms with E-state index in [1.165, 1.54) is 0 Å². The molecular formula is C14H19Cl2FN2O2S. The number of halogens is 3. The van der Waals surface area contributed by atoms with Gasteiger partial charge in [0.05, 0.1) is 10.4 Å². The van der Waals surface area contributed by atoms with Crippen molar-refractivity contribution in [2.45, 2.75) is 19.4 Å². The van der Waals surface area contributed by atoms with Gasteiger partial charge in [-0.05, 0) is 37.1 Å². The van der Waals surface area contributed by atoms with Gasteiger partial charge in [0.2, 0.25) is 10.0 Å². The normalized spacial score (nSPS) is 19.1. The average molecular weight is 369 g/mol. The van der Waals surface area contributed by atoms with Crippen LogP contribution in [0.15, 0.2) is 29.8 Å². The van der Waals surface area contributed by atoms with Crippen molar-refractivity contribution in [1.29, 1.82) is 0 Å². The SMILES string of the molecule is CC1(C)NS(=O)(=O)C(c2ccc(Cl)cc2)=C1CNCCF.Cl. The van der Waals surface area contributed by atoms with Crippen molar-refractivity contribution in [2.24, 2.45) is 0 Å². The van der Waals surface area contributed by atoms with Crippen molar-refractivity contribution in [3.8, 4) is 0 Å². The minimum absolute atomic E-state index is 0. The van der Waals surface area contributed by atoms with Crippen molar-refractivity contribution in [3.05, 3.63) is 40.4 Å². The Morgan fingerprint density at radius 1 is 1.27 bits per heavy atom. The van der Waals surface area contributed by atoms with Gasteiger partial charge in [-0.25, -0.2) is 17.5 Å². The van der Waals surface area contributed by atoms with Crippen LogP contribution in [0.2, 0.25) is 5.02 Å². The molecule has 0 radical (unpaired) electrons. The topological polar surface area (TPSA) is 58.2 Å². The molecule has 0 atom stereocenters. The summed E-state index contributed by atoms with van der Waals surface area (Å²) in [4.78, 5) is 0.246. The Labute approximate surface area is 141 Å². The molecule has 0 amide bonds. The predicted molar refractivity (Wildman–Crippen MR) is 90.6 cm³/mol. The maximum atomic E-state index is 12.4. The number of hydrogen-bond acceptors (Lipinski definition) is 3. The highest BCUT2D eigenvalue weighted by molar-refractivity contribution is 7.99. The highest BCUT2D eigenvalue weighted by Gasteiger charge is 2.42. The molecule has 0 bridgehead atoms. The second-order valence-electron chi connectivity index (χ2n) is 5.41. The first-order chi connectivity index (χ1) is 9.78. The van der Waals surface area contributed by atoms with Crippen LogP contribution in [0.25, 0.3) is 4.91 Å². The van der Waals surface area contributed by atoms with E-state index in [0.29, 0.717) is 22.7 Å². The molecule has 1 aliphatic rings. The van der Waals surface area contributed by atoms with Gasteiger partial charge >= 0.3 is 0 Å². The molecule has 2 rings (SSSR count). The maximum absolute atomic E-state index is 12.4. The molecule has 1 heterocycles. The number of hydrogen-bond donors (Lipinski definition) is 2. The molecule has 0 aromatic heterocycles. The summed E-state index contributed by atoms with van der Waals surface area (Å²) in [6, 6.07) is 6.65. The Balaban J connectivity index is 0.00000242. The third kappa shape index (κ3) is 4.00. The Bertz CT molecular complexity index is 658. The Hall–Kier alpha value is -0.660. The molecule has 0 fully saturated rings. The fourth-order valence-electron chi connectivity index (χ4n) is 2.41. The molecule has 4 nitrogen and oxygen atoms in total. The third-order valence-electron chi connectivity index (χ3n) is 3.37. The highest BCUT2D eigenvalue weighted by atomic mass is 35.5. The fourth-order valence-corrected chi connectivity index (χ4v) is 4.53. The van der Waals surface area contributed by atoms with Crippen LogP contribution in [-0.2, 0) is 10.0 Å². The Morgan fingerprint density at radius 3 is 2.41 bits per heavy atom. The summed E-state index contributed by atoms with van der Waals surface area (Å²) >= 11 is 5.85. The molecule has 1 aromatic carbocycles. The average Bonchev–Trinajstić information content (AvgIpc) is 2.56. The summed E-state index contributed by atoms with van der Waals surface area (Å²) < 4.78 is 39.7. The molecule has 0 aliphatic carbocycles. The molecule has 1 aliphatic heterocycles. The molecular weight excluding hydrogens is 350 g/mol. The number of alkyl halides is 1. The van der Waals surface area contributed by atoms with E-state index in [1.807, 2.05) is 0 Å². The van der Waals surface area contributed by atoms with Gasteiger partial charge < -0.3 is 5.32 Å². The lowest BCUT2D eigenvalue weighted by Crippen LogP contribution is -2.40. The first kappa shape index (κ1) is 19.4. The Kier molecular flexibility index (Phi) is 6.41. The summed E-state index contributed by atoms with van der Waals surface area (Å²) in [5.74, 6) is 0. The Morgan fingerprint density at radius 2 is 1.86 bits per heavy atom. The fraction of sp³-hybridized carbons (Fsp3) is 0.429. The number of nitrogens with one attached hydrogen (secondary N) is 2. The first-order valence-corrected chi connectivity index (χ1v) is 8.44. The molecule has 124 valence electrons. The monoisotopic (exact) mass is 368 g/mol. The van der Waals surface area contributed by atoms with Crippen LogP contribution in [0.3, 0.4) is 0 Å². The molecule has 0 spiro atoms. The van der Waals surface area contributed by atoms with Gasteiger partial charge in [0.1, 0.15) is 6.67 Å². The zero-order valence-corrected chi connectivity index (χ0v) is 14.7. The lowest BCUT2D eigenvalue weighted by atomic mass is 9.93. The van der Waals surface area contributed by atoms with Gasteiger partial charge in [-0.1, -0.05) is 23.7 Å². The van der Waals surface area contributed by atoms with E-state index >= 15 is 0 Å². The standard InChI is InChI=1S/C14H18ClFN2O2S.ClH/c1-14(2)12(9-17-8-7-16)13(21(19,20)18-14)10-3-5-11(15)6-4-10;/h3-6,17-18H,7-9H2,1-2H3;1H. The molecule has 2 N–H and O–H groups in total. The molecule has 0 unspecified atom stereocenters. The van der Waals surface area contributed by atoms with Crippen LogP contribution in [-0.4, -0.2) is 33.7 Å². The minimum atomic E-state index is -3.59. The summed E-state index contributed by atoms with van der Waals surface area (Å²) in [6.45, 7) is 3.58. The summed E-state index contributed by atoms with van der Waals surface area (Å²) in [5.41, 5.74) is 0.560. The maximum Gasteiger partial charge on any atom is 0.242 e. The number of rotatable bonds is 5. The van der Waals surface area contributed by atoms with E-state index in [1.54, 1.807) is 38.1 Å². The van der Waals surface area contributed by atoms with E-state index in [4.69, 9.17) is 11.6 Å². The van der Waals surface area contributed by atoms with E-state index in [0.717, 1.165) is 0 Å². The zero-order chi connectivity index (χ0) is 15.7.